The minimum Gasteiger partial charge on any atom is -0.469 e. The molecule has 0 amide bonds. The Morgan fingerprint density at radius 3 is 2.41 bits per heavy atom. The highest BCUT2D eigenvalue weighted by atomic mass is 19.4. The molecule has 0 radical (unpaired) electrons. The molecule has 1 rings (SSSR count). The molecule has 2 N–H and O–H groups in total. The predicted molar refractivity (Wildman–Crippen MR) is 55.3 cm³/mol. The number of likely N-dealkylation sites (tertiary alicyclic amines) is 1. The molecule has 1 unspecified atom stereocenters. The van der Waals surface area contributed by atoms with Crippen LogP contribution in [0.1, 0.15) is 19.3 Å². The summed E-state index contributed by atoms with van der Waals surface area (Å²) in [6.07, 6.45) is -4.04. The molecule has 7 heteroatoms. The van der Waals surface area contributed by atoms with Gasteiger partial charge in [-0.2, -0.15) is 13.2 Å². The number of halogens is 3. The Kier molecular flexibility index (Phi) is 4.76. The monoisotopic (exact) mass is 254 g/mol. The molecular formula is C10H17F3N2O2. The molecule has 17 heavy (non-hydrogen) atoms. The third-order valence-electron chi connectivity index (χ3n) is 2.98. The summed E-state index contributed by atoms with van der Waals surface area (Å²) in [5.74, 6) is -0.845. The van der Waals surface area contributed by atoms with Gasteiger partial charge in [0.15, 0.2) is 0 Å². The van der Waals surface area contributed by atoms with Crippen LogP contribution in [0.25, 0.3) is 0 Å². The molecule has 1 aliphatic rings. The van der Waals surface area contributed by atoms with E-state index in [0.717, 1.165) is 7.11 Å². The molecule has 0 aromatic rings. The Morgan fingerprint density at radius 1 is 1.47 bits per heavy atom. The van der Waals surface area contributed by atoms with Crippen molar-refractivity contribution in [2.75, 3.05) is 20.2 Å². The van der Waals surface area contributed by atoms with Gasteiger partial charge in [0.05, 0.1) is 13.5 Å². The van der Waals surface area contributed by atoms with E-state index in [1.54, 1.807) is 0 Å². The number of nitrogens with zero attached hydrogens (tertiary/aromatic N) is 1. The number of nitrogens with two attached hydrogens (primary N) is 1. The quantitative estimate of drug-likeness (QED) is 0.760. The maximum absolute atomic E-state index is 12.8. The molecule has 0 aromatic heterocycles. The van der Waals surface area contributed by atoms with E-state index in [1.165, 1.54) is 4.90 Å². The van der Waals surface area contributed by atoms with Crippen LogP contribution < -0.4 is 5.73 Å². The molecule has 4 nitrogen and oxygen atoms in total. The van der Waals surface area contributed by atoms with Gasteiger partial charge in [-0.1, -0.05) is 0 Å². The Morgan fingerprint density at radius 2 is 2.00 bits per heavy atom. The maximum Gasteiger partial charge on any atom is 0.404 e. The number of ether oxygens (including phenoxy) is 1. The normalized spacial score (nSPS) is 21.2. The summed E-state index contributed by atoms with van der Waals surface area (Å²) >= 11 is 0. The Bertz CT molecular complexity index is 263. The maximum atomic E-state index is 12.8. The number of esters is 1. The Labute approximate surface area is 97.9 Å². The largest absolute Gasteiger partial charge is 0.469 e. The second kappa shape index (κ2) is 5.68. The molecule has 0 saturated carbocycles. The molecule has 0 spiro atoms. The molecule has 1 atom stereocenters. The first-order chi connectivity index (χ1) is 7.84. The number of hydrogen-bond acceptors (Lipinski definition) is 4. The van der Waals surface area contributed by atoms with E-state index in [0.29, 0.717) is 12.8 Å². The van der Waals surface area contributed by atoms with E-state index in [1.807, 2.05) is 0 Å². The zero-order chi connectivity index (χ0) is 13.1. The Hall–Kier alpha value is -0.820. The van der Waals surface area contributed by atoms with Crippen LogP contribution in [0.4, 0.5) is 13.2 Å². The van der Waals surface area contributed by atoms with E-state index in [4.69, 9.17) is 5.73 Å². The van der Waals surface area contributed by atoms with E-state index in [9.17, 15) is 18.0 Å². The van der Waals surface area contributed by atoms with Gasteiger partial charge in [-0.25, -0.2) is 0 Å². The number of alkyl halides is 3. The topological polar surface area (TPSA) is 55.6 Å². The molecule has 1 fully saturated rings. The first-order valence-electron chi connectivity index (χ1n) is 5.47. The molecule has 0 aliphatic carbocycles. The van der Waals surface area contributed by atoms with Crippen LogP contribution in [0.2, 0.25) is 0 Å². The average Bonchev–Trinajstić information content (AvgIpc) is 2.25. The predicted octanol–water partition coefficient (Wildman–Crippen LogP) is 0.903. The SMILES string of the molecule is COC(=O)CC(N1CCC(N)CC1)C(F)(F)F. The van der Waals surface area contributed by atoms with E-state index in [-0.39, 0.29) is 19.1 Å². The van der Waals surface area contributed by atoms with Crippen molar-refractivity contribution in [3.63, 3.8) is 0 Å². The minimum absolute atomic E-state index is 0.0433. The van der Waals surface area contributed by atoms with Crippen LogP contribution in [-0.4, -0.2) is 49.3 Å². The molecular weight excluding hydrogens is 237 g/mol. The van der Waals surface area contributed by atoms with Crippen molar-refractivity contribution in [3.8, 4) is 0 Å². The van der Waals surface area contributed by atoms with E-state index < -0.39 is 24.6 Å². The summed E-state index contributed by atoms with van der Waals surface area (Å²) in [6, 6.07) is -1.80. The fourth-order valence-corrected chi connectivity index (χ4v) is 1.92. The molecule has 0 bridgehead atoms. The van der Waals surface area contributed by atoms with E-state index in [2.05, 4.69) is 4.74 Å². The summed E-state index contributed by atoms with van der Waals surface area (Å²) in [7, 11) is 1.09. The fourth-order valence-electron chi connectivity index (χ4n) is 1.92. The summed E-state index contributed by atoms with van der Waals surface area (Å²) in [5.41, 5.74) is 5.63. The van der Waals surface area contributed by atoms with Crippen LogP contribution in [0.3, 0.4) is 0 Å². The highest BCUT2D eigenvalue weighted by Gasteiger charge is 2.45. The van der Waals surface area contributed by atoms with Crippen LogP contribution >= 0.6 is 0 Å². The lowest BCUT2D eigenvalue weighted by Crippen LogP contribution is -2.52. The fraction of sp³-hybridized carbons (Fsp3) is 0.900. The zero-order valence-electron chi connectivity index (χ0n) is 9.67. The molecule has 1 heterocycles. The van der Waals surface area contributed by atoms with Crippen molar-refractivity contribution < 1.29 is 22.7 Å². The van der Waals surface area contributed by atoms with Gasteiger partial charge in [0.1, 0.15) is 6.04 Å². The van der Waals surface area contributed by atoms with Crippen LogP contribution in [0.5, 0.6) is 0 Å². The van der Waals surface area contributed by atoms with Crippen LogP contribution in [0.15, 0.2) is 0 Å². The van der Waals surface area contributed by atoms with Crippen molar-refractivity contribution in [1.82, 2.24) is 4.90 Å². The van der Waals surface area contributed by atoms with Gasteiger partial charge in [-0.05, 0) is 12.8 Å². The summed E-state index contributed by atoms with van der Waals surface area (Å²) in [5, 5.41) is 0. The minimum atomic E-state index is -4.42. The Balaban J connectivity index is 2.66. The summed E-state index contributed by atoms with van der Waals surface area (Å²) < 4.78 is 42.8. The van der Waals surface area contributed by atoms with E-state index >= 15 is 0 Å². The number of carbonyl (C=O) groups excluding carboxylic acids is 1. The lowest BCUT2D eigenvalue weighted by atomic mass is 10.0. The number of carbonyl (C=O) groups is 1. The smallest absolute Gasteiger partial charge is 0.404 e. The van der Waals surface area contributed by atoms with Gasteiger partial charge in [0.2, 0.25) is 0 Å². The molecule has 1 saturated heterocycles. The van der Waals surface area contributed by atoms with Crippen LogP contribution in [-0.2, 0) is 9.53 Å². The van der Waals surface area contributed by atoms with Gasteiger partial charge in [0, 0.05) is 19.1 Å². The summed E-state index contributed by atoms with van der Waals surface area (Å²) in [6.45, 7) is 0.532. The third kappa shape index (κ3) is 4.16. The van der Waals surface area contributed by atoms with Gasteiger partial charge in [0.25, 0.3) is 0 Å². The third-order valence-corrected chi connectivity index (χ3v) is 2.98. The van der Waals surface area contributed by atoms with Gasteiger partial charge < -0.3 is 10.5 Å². The number of hydrogen-bond donors (Lipinski definition) is 1. The standard InChI is InChI=1S/C10H17F3N2O2/c1-17-9(16)6-8(10(11,12)13)15-4-2-7(14)3-5-15/h7-8H,2-6,14H2,1H3. The van der Waals surface area contributed by atoms with Crippen molar-refractivity contribution in [3.05, 3.63) is 0 Å². The van der Waals surface area contributed by atoms with Crippen molar-refractivity contribution in [2.45, 2.75) is 37.5 Å². The first kappa shape index (κ1) is 14.2. The van der Waals surface area contributed by atoms with Gasteiger partial charge in [-0.15, -0.1) is 0 Å². The average molecular weight is 254 g/mol. The number of rotatable bonds is 3. The van der Waals surface area contributed by atoms with Crippen molar-refractivity contribution in [1.29, 1.82) is 0 Å². The number of methoxy groups -OCH3 is 1. The lowest BCUT2D eigenvalue weighted by molar-refractivity contribution is -0.193. The molecule has 100 valence electrons. The van der Waals surface area contributed by atoms with Crippen molar-refractivity contribution >= 4 is 5.97 Å². The highest BCUT2D eigenvalue weighted by molar-refractivity contribution is 5.70. The first-order valence-corrected chi connectivity index (χ1v) is 5.47. The molecule has 0 aromatic carbocycles. The van der Waals surface area contributed by atoms with Crippen molar-refractivity contribution in [2.24, 2.45) is 5.73 Å². The van der Waals surface area contributed by atoms with Gasteiger partial charge in [-0.3, -0.25) is 9.69 Å². The molecule has 1 aliphatic heterocycles. The summed E-state index contributed by atoms with van der Waals surface area (Å²) in [4.78, 5) is 12.3. The number of piperidine rings is 1. The lowest BCUT2D eigenvalue weighted by Gasteiger charge is -2.36. The second-order valence-electron chi connectivity index (χ2n) is 4.21. The zero-order valence-corrected chi connectivity index (χ0v) is 9.67. The highest BCUT2D eigenvalue weighted by Crippen LogP contribution is 2.29. The second-order valence-corrected chi connectivity index (χ2v) is 4.21. The van der Waals surface area contributed by atoms with Gasteiger partial charge >= 0.3 is 12.1 Å². The van der Waals surface area contributed by atoms with Crippen LogP contribution in [0, 0.1) is 0 Å².